The monoisotopic (exact) mass is 238 g/mol. The van der Waals surface area contributed by atoms with Gasteiger partial charge in [-0.3, -0.25) is 10.1 Å². The molecule has 0 spiro atoms. The van der Waals surface area contributed by atoms with Crippen LogP contribution in [0.5, 0.6) is 0 Å². The summed E-state index contributed by atoms with van der Waals surface area (Å²) in [6, 6.07) is 0. The highest BCUT2D eigenvalue weighted by atomic mass is 16.2. The molecule has 0 aromatic rings. The molecule has 1 aliphatic heterocycles. The molecule has 0 atom stereocenters. The van der Waals surface area contributed by atoms with Crippen LogP contribution < -0.4 is 5.32 Å². The van der Waals surface area contributed by atoms with Gasteiger partial charge < -0.3 is 4.90 Å². The predicted molar refractivity (Wildman–Crippen MR) is 71.7 cm³/mol. The molecule has 17 heavy (non-hydrogen) atoms. The van der Waals surface area contributed by atoms with Gasteiger partial charge in [0.1, 0.15) is 0 Å². The van der Waals surface area contributed by atoms with Crippen molar-refractivity contribution in [2.75, 3.05) is 6.54 Å². The van der Waals surface area contributed by atoms with Gasteiger partial charge in [0.05, 0.1) is 5.54 Å². The van der Waals surface area contributed by atoms with E-state index in [-0.39, 0.29) is 11.4 Å². The van der Waals surface area contributed by atoms with E-state index in [0.717, 1.165) is 25.1 Å². The molecule has 0 aliphatic carbocycles. The van der Waals surface area contributed by atoms with Crippen molar-refractivity contribution in [2.45, 2.75) is 65.5 Å². The number of carbonyl (C=O) groups excluding carboxylic acids is 1. The number of rotatable bonds is 3. The molecule has 0 aromatic carbocycles. The van der Waals surface area contributed by atoms with Crippen molar-refractivity contribution in [2.24, 2.45) is 0 Å². The highest BCUT2D eigenvalue weighted by molar-refractivity contribution is 5.87. The van der Waals surface area contributed by atoms with E-state index in [0.29, 0.717) is 0 Å². The lowest BCUT2D eigenvalue weighted by Gasteiger charge is -2.33. The lowest BCUT2D eigenvalue weighted by molar-refractivity contribution is -0.135. The summed E-state index contributed by atoms with van der Waals surface area (Å²) in [5.41, 5.74) is 0.405. The van der Waals surface area contributed by atoms with E-state index < -0.39 is 5.54 Å². The molecule has 0 fully saturated rings. The number of nitrogens with one attached hydrogen (secondary N) is 1. The molecule has 98 valence electrons. The quantitative estimate of drug-likeness (QED) is 0.820. The van der Waals surface area contributed by atoms with E-state index in [1.54, 1.807) is 0 Å². The van der Waals surface area contributed by atoms with Crippen LogP contribution in [0.25, 0.3) is 0 Å². The first-order valence-corrected chi connectivity index (χ1v) is 6.50. The van der Waals surface area contributed by atoms with Gasteiger partial charge in [0.25, 0.3) is 0 Å². The lowest BCUT2D eigenvalue weighted by atomic mass is 9.97. The van der Waals surface area contributed by atoms with Crippen molar-refractivity contribution >= 4 is 5.91 Å². The Hall–Kier alpha value is -0.830. The molecular weight excluding hydrogens is 212 g/mol. The summed E-state index contributed by atoms with van der Waals surface area (Å²) in [7, 11) is 0. The first-order valence-electron chi connectivity index (χ1n) is 6.50. The van der Waals surface area contributed by atoms with E-state index in [1.807, 2.05) is 25.7 Å². The molecule has 0 bridgehead atoms. The van der Waals surface area contributed by atoms with Crippen LogP contribution >= 0.6 is 0 Å². The molecule has 1 heterocycles. The zero-order valence-corrected chi connectivity index (χ0v) is 12.1. The van der Waals surface area contributed by atoms with E-state index in [9.17, 15) is 4.79 Å². The number of allylic oxidation sites excluding steroid dienone is 1. The Morgan fingerprint density at radius 2 is 1.88 bits per heavy atom. The Labute approximate surface area is 105 Å². The van der Waals surface area contributed by atoms with E-state index in [2.05, 4.69) is 32.2 Å². The molecule has 0 saturated carbocycles. The molecular formula is C14H26N2O. The fourth-order valence-corrected chi connectivity index (χ4v) is 2.59. The van der Waals surface area contributed by atoms with Gasteiger partial charge in [-0.2, -0.15) is 0 Å². The average Bonchev–Trinajstić information content (AvgIpc) is 2.19. The maximum absolute atomic E-state index is 12.5. The van der Waals surface area contributed by atoms with Crippen LogP contribution in [0.1, 0.15) is 54.4 Å². The zero-order chi connectivity index (χ0) is 13.3. The van der Waals surface area contributed by atoms with Gasteiger partial charge in [-0.05, 0) is 47.1 Å². The number of nitrogens with zero attached hydrogens (tertiary/aromatic N) is 1. The van der Waals surface area contributed by atoms with Gasteiger partial charge in [0, 0.05) is 17.8 Å². The maximum atomic E-state index is 12.5. The third-order valence-corrected chi connectivity index (χ3v) is 3.15. The number of unbranched alkanes of at least 4 members (excludes halogenated alkanes) is 1. The summed E-state index contributed by atoms with van der Waals surface area (Å²) >= 11 is 0. The molecule has 0 unspecified atom stereocenters. The van der Waals surface area contributed by atoms with Crippen LogP contribution in [0.2, 0.25) is 0 Å². The highest BCUT2D eigenvalue weighted by Gasteiger charge is 2.39. The molecule has 1 N–H and O–H groups in total. The normalized spacial score (nSPS) is 23.3. The lowest BCUT2D eigenvalue weighted by Crippen LogP contribution is -2.57. The highest BCUT2D eigenvalue weighted by Crippen LogP contribution is 2.24. The molecule has 1 aliphatic rings. The van der Waals surface area contributed by atoms with Crippen LogP contribution in [0.3, 0.4) is 0 Å². The Morgan fingerprint density at radius 3 is 2.41 bits per heavy atom. The van der Waals surface area contributed by atoms with Gasteiger partial charge in [-0.1, -0.05) is 13.3 Å². The first-order chi connectivity index (χ1) is 7.69. The van der Waals surface area contributed by atoms with Crippen LogP contribution in [0, 0.1) is 0 Å². The Bertz CT molecular complexity index is 329. The van der Waals surface area contributed by atoms with Crippen molar-refractivity contribution in [1.82, 2.24) is 10.2 Å². The smallest absolute Gasteiger partial charge is 0.246 e. The summed E-state index contributed by atoms with van der Waals surface area (Å²) in [4.78, 5) is 14.4. The van der Waals surface area contributed by atoms with Crippen LogP contribution in [0.4, 0.5) is 0 Å². The molecule has 0 radical (unpaired) electrons. The fraction of sp³-hybridized carbons (Fsp3) is 0.786. The third-order valence-electron chi connectivity index (χ3n) is 3.15. The van der Waals surface area contributed by atoms with Gasteiger partial charge in [-0.25, -0.2) is 0 Å². The predicted octanol–water partition coefficient (Wildman–Crippen LogP) is 2.68. The van der Waals surface area contributed by atoms with Crippen molar-refractivity contribution in [3.8, 4) is 0 Å². The average molecular weight is 238 g/mol. The molecule has 1 amide bonds. The molecule has 0 aromatic heterocycles. The standard InChI is InChI=1S/C14H26N2O/c1-7-8-9-16-11(2)10-13(3,4)15-14(5,6)12(16)17/h10,15H,7-9H2,1-6H3. The van der Waals surface area contributed by atoms with Crippen molar-refractivity contribution in [3.05, 3.63) is 11.8 Å². The Kier molecular flexibility index (Phi) is 4.03. The van der Waals surface area contributed by atoms with Crippen LogP contribution in [-0.4, -0.2) is 28.4 Å². The number of amides is 1. The third kappa shape index (κ3) is 3.32. The zero-order valence-electron chi connectivity index (χ0n) is 12.1. The van der Waals surface area contributed by atoms with E-state index in [4.69, 9.17) is 0 Å². The fourth-order valence-electron chi connectivity index (χ4n) is 2.59. The number of hydrogen-bond acceptors (Lipinski definition) is 2. The van der Waals surface area contributed by atoms with Crippen LogP contribution in [-0.2, 0) is 4.79 Å². The molecule has 1 rings (SSSR count). The summed E-state index contributed by atoms with van der Waals surface area (Å²) in [6.45, 7) is 13.1. The summed E-state index contributed by atoms with van der Waals surface area (Å²) in [5.74, 6) is 0.172. The minimum atomic E-state index is -0.508. The first kappa shape index (κ1) is 14.2. The SMILES string of the molecule is CCCCN1C(=O)C(C)(C)NC(C)(C)C=C1C. The number of hydrogen-bond donors (Lipinski definition) is 1. The van der Waals surface area contributed by atoms with Crippen LogP contribution in [0.15, 0.2) is 11.8 Å². The van der Waals surface area contributed by atoms with Gasteiger partial charge in [0.15, 0.2) is 0 Å². The van der Waals surface area contributed by atoms with Crippen molar-refractivity contribution < 1.29 is 4.79 Å². The maximum Gasteiger partial charge on any atom is 0.246 e. The molecule has 0 saturated heterocycles. The second-order valence-electron chi connectivity index (χ2n) is 6.07. The Balaban J connectivity index is 3.04. The van der Waals surface area contributed by atoms with Gasteiger partial charge >= 0.3 is 0 Å². The van der Waals surface area contributed by atoms with Crippen molar-refractivity contribution in [3.63, 3.8) is 0 Å². The second-order valence-corrected chi connectivity index (χ2v) is 6.07. The molecule has 3 heteroatoms. The van der Waals surface area contributed by atoms with E-state index in [1.165, 1.54) is 0 Å². The minimum absolute atomic E-state index is 0.149. The van der Waals surface area contributed by atoms with Gasteiger partial charge in [-0.15, -0.1) is 0 Å². The topological polar surface area (TPSA) is 32.3 Å². The number of carbonyl (C=O) groups is 1. The largest absolute Gasteiger partial charge is 0.315 e. The van der Waals surface area contributed by atoms with E-state index >= 15 is 0 Å². The second kappa shape index (κ2) is 4.81. The summed E-state index contributed by atoms with van der Waals surface area (Å²) in [5, 5.41) is 3.41. The Morgan fingerprint density at radius 1 is 1.29 bits per heavy atom. The van der Waals surface area contributed by atoms with Crippen molar-refractivity contribution in [1.29, 1.82) is 0 Å². The summed E-state index contributed by atoms with van der Waals surface area (Å²) in [6.07, 6.45) is 4.30. The minimum Gasteiger partial charge on any atom is -0.315 e. The summed E-state index contributed by atoms with van der Waals surface area (Å²) < 4.78 is 0. The van der Waals surface area contributed by atoms with Gasteiger partial charge in [0.2, 0.25) is 5.91 Å². The molecule has 3 nitrogen and oxygen atoms in total.